The van der Waals surface area contributed by atoms with Crippen molar-refractivity contribution in [2.24, 2.45) is 7.05 Å². The van der Waals surface area contributed by atoms with Crippen LogP contribution in [0.3, 0.4) is 0 Å². The molecule has 1 N–H and O–H groups in total. The molecule has 3 heterocycles. The van der Waals surface area contributed by atoms with Crippen LogP contribution >= 0.6 is 0 Å². The molecule has 2 aromatic heterocycles. The van der Waals surface area contributed by atoms with Crippen LogP contribution in [0.5, 0.6) is 5.75 Å². The van der Waals surface area contributed by atoms with Crippen molar-refractivity contribution in [3.63, 3.8) is 0 Å². The van der Waals surface area contributed by atoms with Crippen LogP contribution in [-0.4, -0.2) is 50.2 Å². The van der Waals surface area contributed by atoms with Gasteiger partial charge in [0.1, 0.15) is 5.69 Å². The summed E-state index contributed by atoms with van der Waals surface area (Å²) >= 11 is 0. The number of aromatic hydroxyl groups is 1. The summed E-state index contributed by atoms with van der Waals surface area (Å²) in [6.45, 7) is 1.73. The number of alkyl halides is 3. The van der Waals surface area contributed by atoms with E-state index in [0.717, 1.165) is 12.8 Å². The molecule has 1 aliphatic carbocycles. The van der Waals surface area contributed by atoms with E-state index in [9.17, 15) is 27.1 Å². The molecule has 164 valence electrons. The summed E-state index contributed by atoms with van der Waals surface area (Å²) in [4.78, 5) is 10.7. The van der Waals surface area contributed by atoms with E-state index in [2.05, 4.69) is 15.1 Å². The average Bonchev–Trinajstić information content (AvgIpc) is 3.38. The number of ether oxygens (including phenoxy) is 1. The predicted octanol–water partition coefficient (Wildman–Crippen LogP) is 3.40. The van der Waals surface area contributed by atoms with Gasteiger partial charge >= 0.3 is 6.18 Å². The molecule has 5 rings (SSSR count). The minimum atomic E-state index is -5.13. The van der Waals surface area contributed by atoms with Crippen molar-refractivity contribution < 1.29 is 31.8 Å². The number of anilines is 1. The van der Waals surface area contributed by atoms with Crippen LogP contribution in [0.15, 0.2) is 12.3 Å². The first-order chi connectivity index (χ1) is 14.6. The quantitative estimate of drug-likeness (QED) is 0.615. The van der Waals surface area contributed by atoms with Gasteiger partial charge in [-0.25, -0.2) is 18.4 Å². The van der Waals surface area contributed by atoms with E-state index in [1.54, 1.807) is 0 Å². The monoisotopic (exact) mass is 441 g/mol. The zero-order chi connectivity index (χ0) is 22.1. The molecular formula is C19H16F5N5O2. The third-order valence-electron chi connectivity index (χ3n) is 5.64. The zero-order valence-corrected chi connectivity index (χ0v) is 16.2. The van der Waals surface area contributed by atoms with Gasteiger partial charge in [0.15, 0.2) is 23.0 Å². The van der Waals surface area contributed by atoms with Crippen LogP contribution in [0.2, 0.25) is 0 Å². The number of halogens is 5. The Morgan fingerprint density at radius 2 is 1.94 bits per heavy atom. The molecule has 0 radical (unpaired) electrons. The molecule has 1 spiro atoms. The summed E-state index contributed by atoms with van der Waals surface area (Å²) in [5.41, 5.74) is -2.63. The van der Waals surface area contributed by atoms with Crippen molar-refractivity contribution in [3.8, 4) is 17.0 Å². The van der Waals surface area contributed by atoms with Crippen molar-refractivity contribution in [3.05, 3.63) is 29.5 Å². The number of phenols is 1. The molecule has 0 amide bonds. The van der Waals surface area contributed by atoms with E-state index in [4.69, 9.17) is 4.74 Å². The minimum absolute atomic E-state index is 0.165. The van der Waals surface area contributed by atoms with Gasteiger partial charge in [0.25, 0.3) is 0 Å². The summed E-state index contributed by atoms with van der Waals surface area (Å²) in [5, 5.41) is 13.8. The molecule has 2 fully saturated rings. The highest BCUT2D eigenvalue weighted by molar-refractivity contribution is 5.91. The van der Waals surface area contributed by atoms with Crippen molar-refractivity contribution in [2.75, 3.05) is 24.6 Å². The van der Waals surface area contributed by atoms with Gasteiger partial charge in [-0.15, -0.1) is 0 Å². The number of fused-ring (bicyclic) bond motifs is 1. The van der Waals surface area contributed by atoms with E-state index < -0.39 is 34.7 Å². The maximum atomic E-state index is 14.5. The largest absolute Gasteiger partial charge is 0.503 e. The molecule has 1 aromatic carbocycles. The zero-order valence-electron chi connectivity index (χ0n) is 16.2. The lowest BCUT2D eigenvalue weighted by Crippen LogP contribution is -2.44. The number of hydrogen-bond donors (Lipinski definition) is 1. The number of benzene rings is 1. The van der Waals surface area contributed by atoms with Gasteiger partial charge in [0, 0.05) is 31.9 Å². The summed E-state index contributed by atoms with van der Waals surface area (Å²) in [6, 6.07) is 0.291. The Hall–Kier alpha value is -3.02. The van der Waals surface area contributed by atoms with Gasteiger partial charge < -0.3 is 14.7 Å². The van der Waals surface area contributed by atoms with Crippen molar-refractivity contribution >= 4 is 17.0 Å². The lowest BCUT2D eigenvalue weighted by molar-refractivity contribution is -0.140. The molecule has 0 atom stereocenters. The van der Waals surface area contributed by atoms with Crippen molar-refractivity contribution in [1.29, 1.82) is 0 Å². The first kappa shape index (κ1) is 19.9. The third kappa shape index (κ3) is 3.16. The topological polar surface area (TPSA) is 76.3 Å². The number of aromatic nitrogens is 4. The Balaban J connectivity index is 1.61. The predicted molar refractivity (Wildman–Crippen MR) is 98.5 cm³/mol. The molecular weight excluding hydrogens is 425 g/mol. The summed E-state index contributed by atoms with van der Waals surface area (Å²) in [6.07, 6.45) is -1.89. The van der Waals surface area contributed by atoms with Crippen LogP contribution in [-0.2, 0) is 18.0 Å². The van der Waals surface area contributed by atoms with Crippen LogP contribution in [0.4, 0.5) is 27.9 Å². The standard InChI is InChI=1S/C19H16F5N5O2/c1-28-16-10(7-25-17(26-16)29-4-5-31-18(8-29)2-3-18)14(27-28)9-6-11(19(22,23)24)13(21)15(30)12(9)20/h6-7,30H,2-5,8H2,1H3. The maximum Gasteiger partial charge on any atom is 0.419 e. The van der Waals surface area contributed by atoms with Gasteiger partial charge in [0.2, 0.25) is 5.95 Å². The van der Waals surface area contributed by atoms with E-state index >= 15 is 0 Å². The van der Waals surface area contributed by atoms with E-state index in [1.807, 2.05) is 4.90 Å². The van der Waals surface area contributed by atoms with Crippen LogP contribution in [0.25, 0.3) is 22.3 Å². The summed E-state index contributed by atoms with van der Waals surface area (Å²) in [7, 11) is 1.50. The van der Waals surface area contributed by atoms with Gasteiger partial charge in [0.05, 0.1) is 23.2 Å². The number of hydrogen-bond acceptors (Lipinski definition) is 6. The number of phenolic OH excluding ortho intramolecular Hbond substituents is 1. The van der Waals surface area contributed by atoms with Crippen LogP contribution in [0.1, 0.15) is 18.4 Å². The summed E-state index contributed by atoms with van der Waals surface area (Å²) in [5.74, 6) is -4.94. The Morgan fingerprint density at radius 1 is 1.19 bits per heavy atom. The van der Waals surface area contributed by atoms with E-state index in [1.165, 1.54) is 17.9 Å². The molecule has 3 aromatic rings. The van der Waals surface area contributed by atoms with Gasteiger partial charge in [-0.1, -0.05) is 0 Å². The average molecular weight is 441 g/mol. The smallest absolute Gasteiger partial charge is 0.419 e. The second-order valence-electron chi connectivity index (χ2n) is 7.78. The highest BCUT2D eigenvalue weighted by Gasteiger charge is 2.48. The second-order valence-corrected chi connectivity index (χ2v) is 7.78. The van der Waals surface area contributed by atoms with Crippen molar-refractivity contribution in [2.45, 2.75) is 24.6 Å². The normalized spacial score (nSPS) is 18.2. The van der Waals surface area contributed by atoms with Gasteiger partial charge in [-0.3, -0.25) is 0 Å². The highest BCUT2D eigenvalue weighted by Crippen LogP contribution is 2.43. The third-order valence-corrected chi connectivity index (χ3v) is 5.64. The lowest BCUT2D eigenvalue weighted by atomic mass is 10.0. The maximum absolute atomic E-state index is 14.5. The van der Waals surface area contributed by atoms with Crippen molar-refractivity contribution in [1.82, 2.24) is 19.7 Å². The molecule has 7 nitrogen and oxygen atoms in total. The lowest BCUT2D eigenvalue weighted by Gasteiger charge is -2.33. The second kappa shape index (κ2) is 6.49. The molecule has 1 saturated heterocycles. The Labute approximate surface area is 172 Å². The first-order valence-electron chi connectivity index (χ1n) is 9.47. The number of nitrogens with zero attached hydrogens (tertiary/aromatic N) is 5. The molecule has 0 unspecified atom stereocenters. The Kier molecular flexibility index (Phi) is 4.17. The minimum Gasteiger partial charge on any atom is -0.503 e. The van der Waals surface area contributed by atoms with Gasteiger partial charge in [-0.2, -0.15) is 23.3 Å². The van der Waals surface area contributed by atoms with E-state index in [0.29, 0.717) is 31.7 Å². The number of rotatable bonds is 2. The van der Waals surface area contributed by atoms with E-state index in [-0.39, 0.29) is 22.3 Å². The molecule has 2 aliphatic rings. The Bertz CT molecular complexity index is 1200. The van der Waals surface area contributed by atoms with Gasteiger partial charge in [-0.05, 0) is 18.9 Å². The number of morpholine rings is 1. The first-order valence-corrected chi connectivity index (χ1v) is 9.47. The number of aryl methyl sites for hydroxylation is 1. The molecule has 1 saturated carbocycles. The van der Waals surface area contributed by atoms with Crippen LogP contribution in [0, 0.1) is 11.6 Å². The van der Waals surface area contributed by atoms with Crippen LogP contribution < -0.4 is 4.90 Å². The summed E-state index contributed by atoms with van der Waals surface area (Å²) < 4.78 is 74.9. The molecule has 12 heteroatoms. The SMILES string of the molecule is Cn1nc(-c2cc(C(F)(F)F)c(F)c(O)c2F)c2cnc(N3CCOC4(CC4)C3)nc21. The molecule has 0 bridgehead atoms. The fourth-order valence-corrected chi connectivity index (χ4v) is 3.84. The fourth-order valence-electron chi connectivity index (χ4n) is 3.84. The highest BCUT2D eigenvalue weighted by atomic mass is 19.4. The Morgan fingerprint density at radius 3 is 2.61 bits per heavy atom. The fraction of sp³-hybridized carbons (Fsp3) is 0.421. The molecule has 1 aliphatic heterocycles. The molecule has 31 heavy (non-hydrogen) atoms.